The molecule has 0 saturated carbocycles. The number of carbonyl (C=O) groups excluding carboxylic acids is 1. The number of hydrazone groups is 1. The van der Waals surface area contributed by atoms with Gasteiger partial charge in [-0.15, -0.1) is 0 Å². The van der Waals surface area contributed by atoms with Crippen LogP contribution in [0.4, 0.5) is 5.13 Å². The molecule has 0 radical (unpaired) electrons. The Labute approximate surface area is 217 Å². The topological polar surface area (TPSA) is 82.5 Å². The number of thiazole rings is 1. The standard InChI is InChI=1S/C26H24ClN3O5S/c1-16-5-10-20-23(11-16)36-26(29-20)30(24(31)15-35-19-8-6-18(27)7-9-19)28-14-17-12-21(32-2)25(34-4)22(13-17)33-3/h5-14H,15H2,1-4H3/b28-14+. The Bertz CT molecular complexity index is 1380. The van der Waals surface area contributed by atoms with Crippen molar-refractivity contribution in [2.75, 3.05) is 32.9 Å². The first kappa shape index (κ1) is 25.3. The summed E-state index contributed by atoms with van der Waals surface area (Å²) in [6.07, 6.45) is 1.53. The van der Waals surface area contributed by atoms with Crippen molar-refractivity contribution in [3.05, 3.63) is 70.7 Å². The Morgan fingerprint density at radius 3 is 2.36 bits per heavy atom. The molecular weight excluding hydrogens is 502 g/mol. The molecule has 0 unspecified atom stereocenters. The fraction of sp³-hybridized carbons (Fsp3) is 0.192. The SMILES string of the molecule is COc1cc(/C=N/N(C(=O)COc2ccc(Cl)cc2)c2nc3ccc(C)cc3s2)cc(OC)c1OC. The highest BCUT2D eigenvalue weighted by atomic mass is 35.5. The number of nitrogens with zero attached hydrogens (tertiary/aromatic N) is 3. The van der Waals surface area contributed by atoms with Crippen LogP contribution in [0.5, 0.6) is 23.0 Å². The Morgan fingerprint density at radius 1 is 1.03 bits per heavy atom. The first-order valence-electron chi connectivity index (χ1n) is 10.8. The van der Waals surface area contributed by atoms with Crippen molar-refractivity contribution in [2.45, 2.75) is 6.92 Å². The molecule has 0 fully saturated rings. The molecule has 186 valence electrons. The first-order chi connectivity index (χ1) is 17.4. The maximum Gasteiger partial charge on any atom is 0.287 e. The number of aryl methyl sites for hydroxylation is 1. The van der Waals surface area contributed by atoms with Gasteiger partial charge in [0, 0.05) is 10.6 Å². The third-order valence-corrected chi connectivity index (χ3v) is 6.38. The van der Waals surface area contributed by atoms with Crippen LogP contribution >= 0.6 is 22.9 Å². The van der Waals surface area contributed by atoms with E-state index in [1.165, 1.54) is 43.9 Å². The number of halogens is 1. The summed E-state index contributed by atoms with van der Waals surface area (Å²) in [5, 5.41) is 6.70. The van der Waals surface area contributed by atoms with Crippen LogP contribution in [0.1, 0.15) is 11.1 Å². The summed E-state index contributed by atoms with van der Waals surface area (Å²) in [4.78, 5) is 17.9. The van der Waals surface area contributed by atoms with Gasteiger partial charge in [-0.05, 0) is 61.0 Å². The highest BCUT2D eigenvalue weighted by Gasteiger charge is 2.21. The fourth-order valence-electron chi connectivity index (χ4n) is 3.37. The summed E-state index contributed by atoms with van der Waals surface area (Å²) >= 11 is 7.30. The molecule has 36 heavy (non-hydrogen) atoms. The van der Waals surface area contributed by atoms with Crippen molar-refractivity contribution in [3.8, 4) is 23.0 Å². The van der Waals surface area contributed by atoms with Gasteiger partial charge in [-0.2, -0.15) is 10.1 Å². The van der Waals surface area contributed by atoms with Gasteiger partial charge < -0.3 is 18.9 Å². The minimum Gasteiger partial charge on any atom is -0.493 e. The lowest BCUT2D eigenvalue weighted by molar-refractivity contribution is -0.120. The maximum atomic E-state index is 13.3. The number of amides is 1. The van der Waals surface area contributed by atoms with Crippen molar-refractivity contribution < 1.29 is 23.7 Å². The van der Waals surface area contributed by atoms with Crippen molar-refractivity contribution in [1.82, 2.24) is 4.98 Å². The van der Waals surface area contributed by atoms with E-state index in [0.29, 0.717) is 38.7 Å². The van der Waals surface area contributed by atoms with Crippen LogP contribution < -0.4 is 24.0 Å². The number of hydrogen-bond acceptors (Lipinski definition) is 8. The van der Waals surface area contributed by atoms with E-state index in [1.54, 1.807) is 36.4 Å². The minimum atomic E-state index is -0.399. The van der Waals surface area contributed by atoms with Crippen LogP contribution in [-0.2, 0) is 4.79 Å². The second-order valence-electron chi connectivity index (χ2n) is 7.62. The van der Waals surface area contributed by atoms with E-state index in [-0.39, 0.29) is 6.61 Å². The van der Waals surface area contributed by atoms with Crippen LogP contribution in [0, 0.1) is 6.92 Å². The molecule has 10 heteroatoms. The summed E-state index contributed by atoms with van der Waals surface area (Å²) in [6.45, 7) is 1.76. The third kappa shape index (κ3) is 5.69. The number of anilines is 1. The number of rotatable bonds is 9. The lowest BCUT2D eigenvalue weighted by Crippen LogP contribution is -2.30. The van der Waals surface area contributed by atoms with E-state index in [9.17, 15) is 4.79 Å². The van der Waals surface area contributed by atoms with Crippen LogP contribution in [0.3, 0.4) is 0 Å². The summed E-state index contributed by atoms with van der Waals surface area (Å²) in [6, 6.07) is 16.2. The first-order valence-corrected chi connectivity index (χ1v) is 12.0. The number of fused-ring (bicyclic) bond motifs is 1. The predicted octanol–water partition coefficient (Wildman–Crippen LogP) is 5.73. The zero-order valence-corrected chi connectivity index (χ0v) is 21.7. The lowest BCUT2D eigenvalue weighted by Gasteiger charge is -2.15. The van der Waals surface area contributed by atoms with Gasteiger partial charge in [-0.1, -0.05) is 29.0 Å². The second kappa shape index (κ2) is 11.3. The molecule has 0 N–H and O–H groups in total. The summed E-state index contributed by atoms with van der Waals surface area (Å²) in [7, 11) is 4.60. The zero-order chi connectivity index (χ0) is 25.7. The molecule has 0 aliphatic heterocycles. The van der Waals surface area contributed by atoms with E-state index in [4.69, 9.17) is 30.5 Å². The number of methoxy groups -OCH3 is 3. The molecule has 4 aromatic rings. The number of ether oxygens (including phenoxy) is 4. The Hall–Kier alpha value is -3.82. The molecule has 1 heterocycles. The number of benzene rings is 3. The van der Waals surface area contributed by atoms with E-state index in [0.717, 1.165) is 15.8 Å². The largest absolute Gasteiger partial charge is 0.493 e. The maximum absolute atomic E-state index is 13.3. The second-order valence-corrected chi connectivity index (χ2v) is 9.06. The van der Waals surface area contributed by atoms with Crippen LogP contribution in [0.15, 0.2) is 59.7 Å². The summed E-state index contributed by atoms with van der Waals surface area (Å²) in [5.74, 6) is 1.52. The zero-order valence-electron chi connectivity index (χ0n) is 20.1. The van der Waals surface area contributed by atoms with Crippen molar-refractivity contribution >= 4 is 50.4 Å². The molecule has 0 aliphatic rings. The van der Waals surface area contributed by atoms with Gasteiger partial charge in [0.15, 0.2) is 18.1 Å². The average Bonchev–Trinajstić information content (AvgIpc) is 3.30. The Balaban J connectivity index is 1.67. The van der Waals surface area contributed by atoms with Crippen LogP contribution in [-0.4, -0.2) is 45.0 Å². The van der Waals surface area contributed by atoms with Crippen LogP contribution in [0.25, 0.3) is 10.2 Å². The third-order valence-electron chi connectivity index (χ3n) is 5.14. The number of carbonyl (C=O) groups is 1. The van der Waals surface area contributed by atoms with Crippen LogP contribution in [0.2, 0.25) is 5.02 Å². The Kier molecular flexibility index (Phi) is 7.92. The smallest absolute Gasteiger partial charge is 0.287 e. The van der Waals surface area contributed by atoms with Gasteiger partial charge >= 0.3 is 0 Å². The van der Waals surface area contributed by atoms with Gasteiger partial charge in [0.1, 0.15) is 5.75 Å². The fourth-order valence-corrected chi connectivity index (χ4v) is 4.53. The average molecular weight is 526 g/mol. The van der Waals surface area contributed by atoms with Crippen molar-refractivity contribution in [3.63, 3.8) is 0 Å². The normalized spacial score (nSPS) is 11.0. The molecule has 0 aliphatic carbocycles. The highest BCUT2D eigenvalue weighted by molar-refractivity contribution is 7.22. The molecule has 4 rings (SSSR count). The van der Waals surface area contributed by atoms with Gasteiger partial charge in [0.25, 0.3) is 5.91 Å². The van der Waals surface area contributed by atoms with Gasteiger partial charge in [-0.25, -0.2) is 4.98 Å². The monoisotopic (exact) mass is 525 g/mol. The Morgan fingerprint density at radius 2 is 1.72 bits per heavy atom. The molecule has 1 amide bonds. The van der Waals surface area contributed by atoms with Gasteiger partial charge in [0.05, 0.1) is 37.8 Å². The lowest BCUT2D eigenvalue weighted by atomic mass is 10.2. The summed E-state index contributed by atoms with van der Waals surface area (Å²) < 4.78 is 22.8. The van der Waals surface area contributed by atoms with E-state index >= 15 is 0 Å². The predicted molar refractivity (Wildman–Crippen MR) is 142 cm³/mol. The molecule has 8 nitrogen and oxygen atoms in total. The quantitative estimate of drug-likeness (QED) is 0.205. The highest BCUT2D eigenvalue weighted by Crippen LogP contribution is 2.38. The molecule has 0 saturated heterocycles. The van der Waals surface area contributed by atoms with E-state index in [1.807, 2.05) is 25.1 Å². The van der Waals surface area contributed by atoms with Gasteiger partial charge in [0.2, 0.25) is 10.9 Å². The molecule has 0 spiro atoms. The minimum absolute atomic E-state index is 0.247. The van der Waals surface area contributed by atoms with Crippen molar-refractivity contribution in [2.24, 2.45) is 5.10 Å². The molecular formula is C26H24ClN3O5S. The number of hydrogen-bond donors (Lipinski definition) is 0. The molecule has 3 aromatic carbocycles. The van der Waals surface area contributed by atoms with Crippen molar-refractivity contribution in [1.29, 1.82) is 0 Å². The van der Waals surface area contributed by atoms with Gasteiger partial charge in [-0.3, -0.25) is 4.79 Å². The van der Waals surface area contributed by atoms with E-state index < -0.39 is 5.91 Å². The summed E-state index contributed by atoms with van der Waals surface area (Å²) in [5.41, 5.74) is 2.51. The number of aromatic nitrogens is 1. The molecule has 0 atom stereocenters. The van der Waals surface area contributed by atoms with E-state index in [2.05, 4.69) is 10.1 Å². The molecule has 1 aromatic heterocycles. The molecule has 0 bridgehead atoms.